The van der Waals surface area contributed by atoms with Crippen molar-refractivity contribution in [2.45, 2.75) is 46.1 Å². The smallest absolute Gasteiger partial charge is 0.244 e. The molecule has 1 N–H and O–H groups in total. The summed E-state index contributed by atoms with van der Waals surface area (Å²) in [6.45, 7) is 7.49. The summed E-state index contributed by atoms with van der Waals surface area (Å²) in [6, 6.07) is -0.255. The van der Waals surface area contributed by atoms with Crippen LogP contribution in [0.1, 0.15) is 37.6 Å². The van der Waals surface area contributed by atoms with Gasteiger partial charge in [0.05, 0.1) is 17.6 Å². The Bertz CT molecular complexity index is 455. The van der Waals surface area contributed by atoms with Crippen LogP contribution in [-0.2, 0) is 4.79 Å². The van der Waals surface area contributed by atoms with Crippen LogP contribution in [0.2, 0.25) is 0 Å². The van der Waals surface area contributed by atoms with E-state index < -0.39 is 0 Å². The molecule has 2 rings (SSSR count). The molecule has 1 atom stereocenters. The number of rotatable bonds is 3. The van der Waals surface area contributed by atoms with Crippen molar-refractivity contribution in [2.24, 2.45) is 0 Å². The van der Waals surface area contributed by atoms with E-state index in [1.165, 1.54) is 6.42 Å². The average molecular weight is 262 g/mol. The molecule has 1 saturated heterocycles. The molecule has 19 heavy (non-hydrogen) atoms. The highest BCUT2D eigenvalue weighted by atomic mass is 16.2. The Morgan fingerprint density at radius 1 is 1.26 bits per heavy atom. The second kappa shape index (κ2) is 5.99. The first-order valence-electron chi connectivity index (χ1n) is 6.93. The Hall–Kier alpha value is -1.65. The summed E-state index contributed by atoms with van der Waals surface area (Å²) < 4.78 is 0. The fourth-order valence-corrected chi connectivity index (χ4v) is 2.28. The van der Waals surface area contributed by atoms with Gasteiger partial charge in [0.2, 0.25) is 5.91 Å². The van der Waals surface area contributed by atoms with E-state index in [1.54, 1.807) is 6.20 Å². The predicted octanol–water partition coefficient (Wildman–Crippen LogP) is 1.91. The fourth-order valence-electron chi connectivity index (χ4n) is 2.28. The minimum absolute atomic E-state index is 0.153. The molecule has 5 heteroatoms. The van der Waals surface area contributed by atoms with Crippen LogP contribution in [0.3, 0.4) is 0 Å². The average Bonchev–Trinajstić information content (AvgIpc) is 2.43. The third-order valence-corrected chi connectivity index (χ3v) is 3.59. The number of anilines is 1. The molecule has 1 amide bonds. The first kappa shape index (κ1) is 13.8. The van der Waals surface area contributed by atoms with E-state index in [0.29, 0.717) is 5.82 Å². The normalized spacial score (nSPS) is 17.1. The lowest BCUT2D eigenvalue weighted by Crippen LogP contribution is -2.44. The highest BCUT2D eigenvalue weighted by molar-refractivity contribution is 5.84. The molecule has 2 heterocycles. The predicted molar refractivity (Wildman–Crippen MR) is 75.0 cm³/mol. The van der Waals surface area contributed by atoms with Crippen LogP contribution >= 0.6 is 0 Å². The van der Waals surface area contributed by atoms with E-state index in [2.05, 4.69) is 15.3 Å². The molecule has 1 aromatic rings. The molecular formula is C14H22N4O. The summed E-state index contributed by atoms with van der Waals surface area (Å²) in [4.78, 5) is 22.9. The van der Waals surface area contributed by atoms with E-state index in [4.69, 9.17) is 0 Å². The van der Waals surface area contributed by atoms with E-state index in [0.717, 1.165) is 37.3 Å². The van der Waals surface area contributed by atoms with Gasteiger partial charge in [-0.05, 0) is 40.0 Å². The molecule has 104 valence electrons. The Labute approximate surface area is 114 Å². The zero-order valence-corrected chi connectivity index (χ0v) is 11.9. The zero-order valence-electron chi connectivity index (χ0n) is 11.9. The number of nitrogens with zero attached hydrogens (tertiary/aromatic N) is 3. The lowest BCUT2D eigenvalue weighted by atomic mass is 10.1. The molecule has 0 aliphatic carbocycles. The molecule has 5 nitrogen and oxygen atoms in total. The third kappa shape index (κ3) is 3.43. The van der Waals surface area contributed by atoms with Crippen molar-refractivity contribution in [3.63, 3.8) is 0 Å². The van der Waals surface area contributed by atoms with E-state index in [1.807, 2.05) is 25.7 Å². The number of aryl methyl sites for hydroxylation is 2. The topological polar surface area (TPSA) is 58.1 Å². The van der Waals surface area contributed by atoms with Gasteiger partial charge in [0.25, 0.3) is 0 Å². The maximum atomic E-state index is 12.3. The molecule has 0 bridgehead atoms. The molecule has 0 aromatic carbocycles. The van der Waals surface area contributed by atoms with Crippen molar-refractivity contribution in [3.8, 4) is 0 Å². The molecule has 0 spiro atoms. The summed E-state index contributed by atoms with van der Waals surface area (Å²) in [5, 5.41) is 3.14. The summed E-state index contributed by atoms with van der Waals surface area (Å²) in [5.74, 6) is 0.820. The van der Waals surface area contributed by atoms with Crippen molar-refractivity contribution < 1.29 is 4.79 Å². The van der Waals surface area contributed by atoms with Gasteiger partial charge in [-0.1, -0.05) is 0 Å². The lowest BCUT2D eigenvalue weighted by molar-refractivity contribution is -0.132. The minimum atomic E-state index is -0.255. The van der Waals surface area contributed by atoms with E-state index >= 15 is 0 Å². The summed E-state index contributed by atoms with van der Waals surface area (Å²) in [7, 11) is 0. The van der Waals surface area contributed by atoms with Crippen LogP contribution in [0.15, 0.2) is 6.20 Å². The third-order valence-electron chi connectivity index (χ3n) is 3.59. The van der Waals surface area contributed by atoms with Gasteiger partial charge >= 0.3 is 0 Å². The highest BCUT2D eigenvalue weighted by Gasteiger charge is 2.22. The van der Waals surface area contributed by atoms with Crippen molar-refractivity contribution in [1.82, 2.24) is 14.9 Å². The van der Waals surface area contributed by atoms with Gasteiger partial charge in [0.1, 0.15) is 11.9 Å². The molecular weight excluding hydrogens is 240 g/mol. The van der Waals surface area contributed by atoms with Gasteiger partial charge in [-0.15, -0.1) is 0 Å². The van der Waals surface area contributed by atoms with Crippen LogP contribution in [0.5, 0.6) is 0 Å². The van der Waals surface area contributed by atoms with Crippen molar-refractivity contribution in [3.05, 3.63) is 17.6 Å². The summed E-state index contributed by atoms with van der Waals surface area (Å²) >= 11 is 0. The van der Waals surface area contributed by atoms with Gasteiger partial charge in [0.15, 0.2) is 0 Å². The highest BCUT2D eigenvalue weighted by Crippen LogP contribution is 2.12. The number of piperidine rings is 1. The van der Waals surface area contributed by atoms with Crippen molar-refractivity contribution in [2.75, 3.05) is 18.4 Å². The number of likely N-dealkylation sites (tertiary alicyclic amines) is 1. The second-order valence-electron chi connectivity index (χ2n) is 5.18. The Morgan fingerprint density at radius 2 is 1.95 bits per heavy atom. The van der Waals surface area contributed by atoms with Crippen LogP contribution in [0.25, 0.3) is 0 Å². The minimum Gasteiger partial charge on any atom is -0.357 e. The molecule has 1 aromatic heterocycles. The van der Waals surface area contributed by atoms with Crippen LogP contribution in [0, 0.1) is 13.8 Å². The lowest BCUT2D eigenvalue weighted by Gasteiger charge is -2.29. The fraction of sp³-hybridized carbons (Fsp3) is 0.643. The van der Waals surface area contributed by atoms with Crippen molar-refractivity contribution in [1.29, 1.82) is 0 Å². The Morgan fingerprint density at radius 3 is 2.58 bits per heavy atom. The molecule has 0 saturated carbocycles. The van der Waals surface area contributed by atoms with Crippen LogP contribution in [-0.4, -0.2) is 39.9 Å². The zero-order chi connectivity index (χ0) is 13.8. The Kier molecular flexibility index (Phi) is 4.35. The SMILES string of the molecule is Cc1ncc(NC(C)C(=O)N2CCCCC2)nc1C. The van der Waals surface area contributed by atoms with Crippen LogP contribution in [0.4, 0.5) is 5.82 Å². The van der Waals surface area contributed by atoms with E-state index in [9.17, 15) is 4.79 Å². The van der Waals surface area contributed by atoms with E-state index in [-0.39, 0.29) is 11.9 Å². The van der Waals surface area contributed by atoms with Crippen molar-refractivity contribution >= 4 is 11.7 Å². The maximum Gasteiger partial charge on any atom is 0.244 e. The monoisotopic (exact) mass is 262 g/mol. The molecule has 1 unspecified atom stereocenters. The number of hydrogen-bond acceptors (Lipinski definition) is 4. The van der Waals surface area contributed by atoms with Gasteiger partial charge in [-0.2, -0.15) is 0 Å². The molecule has 1 fully saturated rings. The first-order valence-corrected chi connectivity index (χ1v) is 6.93. The van der Waals surface area contributed by atoms with Crippen LogP contribution < -0.4 is 5.32 Å². The second-order valence-corrected chi connectivity index (χ2v) is 5.18. The number of nitrogens with one attached hydrogen (secondary N) is 1. The number of carbonyl (C=O) groups is 1. The Balaban J connectivity index is 1.97. The molecule has 0 radical (unpaired) electrons. The maximum absolute atomic E-state index is 12.3. The standard InChI is InChI=1S/C14H22N4O/c1-10-11(2)16-13(9-15-10)17-12(3)14(19)18-7-5-4-6-8-18/h9,12H,4-8H2,1-3H3,(H,16,17). The number of aromatic nitrogens is 2. The number of hydrogen-bond donors (Lipinski definition) is 1. The first-order chi connectivity index (χ1) is 9.08. The summed E-state index contributed by atoms with van der Waals surface area (Å²) in [5.41, 5.74) is 1.81. The number of carbonyl (C=O) groups excluding carboxylic acids is 1. The van der Waals surface area contributed by atoms with Gasteiger partial charge < -0.3 is 10.2 Å². The largest absolute Gasteiger partial charge is 0.357 e. The quantitative estimate of drug-likeness (QED) is 0.904. The molecule has 1 aliphatic heterocycles. The number of amides is 1. The summed E-state index contributed by atoms with van der Waals surface area (Å²) in [6.07, 6.45) is 5.14. The molecule has 1 aliphatic rings. The van der Waals surface area contributed by atoms with Gasteiger partial charge in [0, 0.05) is 13.1 Å². The van der Waals surface area contributed by atoms with Gasteiger partial charge in [-0.25, -0.2) is 4.98 Å². The van der Waals surface area contributed by atoms with Gasteiger partial charge in [-0.3, -0.25) is 9.78 Å².